The molecule has 0 rings (SSSR count). The fraction of sp³-hybridized carbons (Fsp3) is 0.500. The van der Waals surface area contributed by atoms with Crippen LogP contribution in [0.2, 0.25) is 0 Å². The zero-order valence-electron chi connectivity index (χ0n) is 7.49. The molecule has 0 radical (unpaired) electrons. The molecule has 0 amide bonds. The molecule has 0 aliphatic carbocycles. The molecule has 0 atom stereocenters. The summed E-state index contributed by atoms with van der Waals surface area (Å²) in [4.78, 5) is 10.0. The first-order valence-electron chi connectivity index (χ1n) is 4.33. The van der Waals surface area contributed by atoms with Gasteiger partial charge in [0, 0.05) is 6.08 Å². The van der Waals surface area contributed by atoms with E-state index in [0.29, 0.717) is 0 Å². The van der Waals surface area contributed by atoms with E-state index in [-0.39, 0.29) is 0 Å². The van der Waals surface area contributed by atoms with Crippen LogP contribution in [0.1, 0.15) is 32.6 Å². The summed E-state index contributed by atoms with van der Waals surface area (Å²) in [6, 6.07) is 0. The van der Waals surface area contributed by atoms with Crippen LogP contribution in [0.5, 0.6) is 0 Å². The number of hydrogen-bond donors (Lipinski definition) is 1. The molecule has 0 aromatic rings. The van der Waals surface area contributed by atoms with Crippen molar-refractivity contribution < 1.29 is 9.90 Å². The maximum absolute atomic E-state index is 10.0. The smallest absolute Gasteiger partial charge is 0.328 e. The van der Waals surface area contributed by atoms with Crippen molar-refractivity contribution in [3.63, 3.8) is 0 Å². The molecule has 0 bridgehead atoms. The van der Waals surface area contributed by atoms with Gasteiger partial charge in [-0.3, -0.25) is 0 Å². The van der Waals surface area contributed by atoms with E-state index in [0.717, 1.165) is 12.5 Å². The summed E-state index contributed by atoms with van der Waals surface area (Å²) in [5.74, 6) is -0.895. The van der Waals surface area contributed by atoms with Crippen molar-refractivity contribution in [2.75, 3.05) is 0 Å². The number of unbranched alkanes of at least 4 members (excludes halogenated alkanes) is 3. The summed E-state index contributed by atoms with van der Waals surface area (Å²) in [5, 5.41) is 8.23. The standard InChI is InChI=1S/C10H16O2/c1-2-3-4-5-6-7-8-9-10(11)12/h6-9H,2-5H2,1H3,(H,11,12)/b7-6-,9-8?. The Kier molecular flexibility index (Phi) is 7.35. The second-order valence-electron chi connectivity index (χ2n) is 2.62. The molecule has 68 valence electrons. The molecule has 12 heavy (non-hydrogen) atoms. The third kappa shape index (κ3) is 8.95. The summed E-state index contributed by atoms with van der Waals surface area (Å²) in [6.07, 6.45) is 11.2. The first kappa shape index (κ1) is 11.0. The topological polar surface area (TPSA) is 37.3 Å². The van der Waals surface area contributed by atoms with Gasteiger partial charge in [-0.2, -0.15) is 0 Å². The summed E-state index contributed by atoms with van der Waals surface area (Å²) >= 11 is 0. The van der Waals surface area contributed by atoms with Crippen LogP contribution < -0.4 is 0 Å². The fourth-order valence-corrected chi connectivity index (χ4v) is 0.825. The molecule has 0 aliphatic rings. The van der Waals surface area contributed by atoms with Crippen molar-refractivity contribution >= 4 is 5.97 Å². The molecule has 0 saturated heterocycles. The van der Waals surface area contributed by atoms with Crippen LogP contribution in [-0.2, 0) is 4.79 Å². The molecular formula is C10H16O2. The van der Waals surface area contributed by atoms with Crippen molar-refractivity contribution in [2.45, 2.75) is 32.6 Å². The number of aliphatic carboxylic acids is 1. The van der Waals surface area contributed by atoms with Crippen molar-refractivity contribution in [2.24, 2.45) is 0 Å². The SMILES string of the molecule is CCCCC/C=C\C=CC(=O)O. The zero-order chi connectivity index (χ0) is 9.23. The quantitative estimate of drug-likeness (QED) is 0.376. The minimum Gasteiger partial charge on any atom is -0.478 e. The molecule has 2 nitrogen and oxygen atoms in total. The van der Waals surface area contributed by atoms with Crippen molar-refractivity contribution in [1.82, 2.24) is 0 Å². The molecule has 0 aliphatic heterocycles. The van der Waals surface area contributed by atoms with E-state index in [2.05, 4.69) is 6.92 Å². The highest BCUT2D eigenvalue weighted by atomic mass is 16.4. The molecule has 0 unspecified atom stereocenters. The van der Waals surface area contributed by atoms with Crippen molar-refractivity contribution in [1.29, 1.82) is 0 Å². The lowest BCUT2D eigenvalue weighted by atomic mass is 10.2. The van der Waals surface area contributed by atoms with Gasteiger partial charge in [0.25, 0.3) is 0 Å². The van der Waals surface area contributed by atoms with Crippen molar-refractivity contribution in [3.8, 4) is 0 Å². The Morgan fingerprint density at radius 3 is 2.67 bits per heavy atom. The van der Waals surface area contributed by atoms with E-state index in [1.165, 1.54) is 19.3 Å². The van der Waals surface area contributed by atoms with Gasteiger partial charge in [-0.1, -0.05) is 38.0 Å². The Bertz CT molecular complexity index is 169. The van der Waals surface area contributed by atoms with Gasteiger partial charge >= 0.3 is 5.97 Å². The van der Waals surface area contributed by atoms with Crippen LogP contribution in [0, 0.1) is 0 Å². The van der Waals surface area contributed by atoms with E-state index >= 15 is 0 Å². The molecule has 0 saturated carbocycles. The average molecular weight is 168 g/mol. The van der Waals surface area contributed by atoms with Crippen molar-refractivity contribution in [3.05, 3.63) is 24.3 Å². The summed E-state index contributed by atoms with van der Waals surface area (Å²) in [5.41, 5.74) is 0. The number of rotatable bonds is 6. The Morgan fingerprint density at radius 1 is 1.33 bits per heavy atom. The van der Waals surface area contributed by atoms with Crippen LogP contribution in [0.3, 0.4) is 0 Å². The molecule has 0 aromatic heterocycles. The Labute approximate surface area is 73.6 Å². The highest BCUT2D eigenvalue weighted by Gasteiger charge is 1.82. The second-order valence-corrected chi connectivity index (χ2v) is 2.62. The molecular weight excluding hydrogens is 152 g/mol. The monoisotopic (exact) mass is 168 g/mol. The van der Waals surface area contributed by atoms with Gasteiger partial charge in [0.15, 0.2) is 0 Å². The summed E-state index contributed by atoms with van der Waals surface area (Å²) < 4.78 is 0. The van der Waals surface area contributed by atoms with Gasteiger partial charge in [-0.05, 0) is 12.8 Å². The Morgan fingerprint density at radius 2 is 2.08 bits per heavy atom. The van der Waals surface area contributed by atoms with Gasteiger partial charge in [0.2, 0.25) is 0 Å². The van der Waals surface area contributed by atoms with Crippen LogP contribution in [-0.4, -0.2) is 11.1 Å². The minimum atomic E-state index is -0.895. The van der Waals surface area contributed by atoms with E-state index in [4.69, 9.17) is 5.11 Å². The van der Waals surface area contributed by atoms with Crippen LogP contribution in [0.15, 0.2) is 24.3 Å². The average Bonchev–Trinajstić information content (AvgIpc) is 2.02. The predicted octanol–water partition coefficient (Wildman–Crippen LogP) is 2.76. The van der Waals surface area contributed by atoms with Crippen LogP contribution in [0.25, 0.3) is 0 Å². The zero-order valence-corrected chi connectivity index (χ0v) is 7.49. The lowest BCUT2D eigenvalue weighted by molar-refractivity contribution is -0.131. The van der Waals surface area contributed by atoms with Gasteiger partial charge in [-0.15, -0.1) is 0 Å². The maximum Gasteiger partial charge on any atom is 0.328 e. The summed E-state index contributed by atoms with van der Waals surface area (Å²) in [7, 11) is 0. The normalized spacial score (nSPS) is 11.4. The second kappa shape index (κ2) is 8.05. The van der Waals surface area contributed by atoms with E-state index < -0.39 is 5.97 Å². The number of hydrogen-bond acceptors (Lipinski definition) is 1. The number of allylic oxidation sites excluding steroid dienone is 3. The van der Waals surface area contributed by atoms with Crippen LogP contribution in [0.4, 0.5) is 0 Å². The molecule has 0 fully saturated rings. The number of carboxylic acids is 1. The number of carbonyl (C=O) groups is 1. The van der Waals surface area contributed by atoms with Crippen LogP contribution >= 0.6 is 0 Å². The largest absolute Gasteiger partial charge is 0.478 e. The van der Waals surface area contributed by atoms with Gasteiger partial charge < -0.3 is 5.11 Å². The van der Waals surface area contributed by atoms with Gasteiger partial charge in [0.05, 0.1) is 0 Å². The highest BCUT2D eigenvalue weighted by molar-refractivity contribution is 5.80. The minimum absolute atomic E-state index is 0.895. The molecule has 0 heterocycles. The number of carboxylic acid groups (broad SMARTS) is 1. The lowest BCUT2D eigenvalue weighted by Crippen LogP contribution is -1.84. The third-order valence-corrected chi connectivity index (χ3v) is 1.46. The first-order chi connectivity index (χ1) is 5.77. The third-order valence-electron chi connectivity index (χ3n) is 1.46. The molecule has 0 spiro atoms. The molecule has 0 aromatic carbocycles. The summed E-state index contributed by atoms with van der Waals surface area (Å²) in [6.45, 7) is 2.16. The van der Waals surface area contributed by atoms with Gasteiger partial charge in [0.1, 0.15) is 0 Å². The molecule has 2 heteroatoms. The predicted molar refractivity (Wildman–Crippen MR) is 50.1 cm³/mol. The Hall–Kier alpha value is -1.05. The highest BCUT2D eigenvalue weighted by Crippen LogP contribution is 1.99. The van der Waals surface area contributed by atoms with Gasteiger partial charge in [-0.25, -0.2) is 4.79 Å². The Balaban J connectivity index is 3.31. The van der Waals surface area contributed by atoms with E-state index in [1.807, 2.05) is 6.08 Å². The first-order valence-corrected chi connectivity index (χ1v) is 4.33. The fourth-order valence-electron chi connectivity index (χ4n) is 0.825. The lowest BCUT2D eigenvalue weighted by Gasteiger charge is -1.89. The maximum atomic E-state index is 10.0. The van der Waals surface area contributed by atoms with E-state index in [9.17, 15) is 4.79 Å². The molecule has 1 N–H and O–H groups in total. The van der Waals surface area contributed by atoms with E-state index in [1.54, 1.807) is 12.2 Å².